The average molecular weight is 767 g/mol. The van der Waals surface area contributed by atoms with E-state index in [0.29, 0.717) is 5.82 Å². The van der Waals surface area contributed by atoms with E-state index in [1.165, 1.54) is 60.7 Å². The molecule has 1 aliphatic carbocycles. The average Bonchev–Trinajstić information content (AvgIpc) is 3.81. The Morgan fingerprint density at radius 3 is 1.77 bits per heavy atom. The molecule has 3 nitrogen and oxygen atoms in total. The normalized spacial score (nSPS) is 13.0. The Bertz CT molecular complexity index is 3500. The molecule has 2 heterocycles. The Kier molecular flexibility index (Phi) is 7.58. The number of nitrogens with zero attached hydrogens (tertiary/aromatic N) is 2. The maximum Gasteiger partial charge on any atom is 0.160 e. The zero-order valence-corrected chi connectivity index (χ0v) is 33.3. The summed E-state index contributed by atoms with van der Waals surface area (Å²) in [6.07, 6.45) is 0. The fourth-order valence-corrected chi connectivity index (χ4v) is 9.82. The lowest BCUT2D eigenvalue weighted by Gasteiger charge is -2.21. The third-order valence-electron chi connectivity index (χ3n) is 12.7. The van der Waals surface area contributed by atoms with Gasteiger partial charge in [0.15, 0.2) is 5.82 Å². The number of hydrogen-bond donors (Lipinski definition) is 0. The molecule has 1 aliphatic rings. The SMILES string of the molecule is CC1(C)c2cccc(-c3ccc(-c4ccc(-c5cc(-c6cccc7oc8ccccc8c67)nc(-c6ccccc6)n5)c5ccccc45)cc3)c2-c2c1ccc1ccccc21. The minimum Gasteiger partial charge on any atom is -0.456 e. The Hall–Kier alpha value is -7.62. The predicted molar refractivity (Wildman–Crippen MR) is 249 cm³/mol. The second kappa shape index (κ2) is 13.2. The molecule has 0 saturated heterocycles. The van der Waals surface area contributed by atoms with E-state index >= 15 is 0 Å². The van der Waals surface area contributed by atoms with Crippen LogP contribution in [0.25, 0.3) is 111 Å². The highest BCUT2D eigenvalue weighted by Crippen LogP contribution is 2.54. The van der Waals surface area contributed by atoms with Crippen LogP contribution in [0.2, 0.25) is 0 Å². The third-order valence-corrected chi connectivity index (χ3v) is 12.7. The first-order chi connectivity index (χ1) is 29.5. The number of fused-ring (bicyclic) bond motifs is 9. The van der Waals surface area contributed by atoms with Gasteiger partial charge >= 0.3 is 0 Å². The first-order valence-corrected chi connectivity index (χ1v) is 20.7. The Morgan fingerprint density at radius 1 is 0.383 bits per heavy atom. The van der Waals surface area contributed by atoms with E-state index in [0.717, 1.165) is 55.4 Å². The third kappa shape index (κ3) is 5.22. The Morgan fingerprint density at radius 2 is 0.967 bits per heavy atom. The van der Waals surface area contributed by atoms with E-state index in [-0.39, 0.29) is 5.41 Å². The van der Waals surface area contributed by atoms with Crippen molar-refractivity contribution in [2.75, 3.05) is 0 Å². The van der Waals surface area contributed by atoms with Crippen molar-refractivity contribution >= 4 is 43.5 Å². The van der Waals surface area contributed by atoms with Crippen molar-refractivity contribution in [2.24, 2.45) is 0 Å². The topological polar surface area (TPSA) is 38.9 Å². The summed E-state index contributed by atoms with van der Waals surface area (Å²) in [4.78, 5) is 10.5. The number of para-hydroxylation sites is 1. The number of benzene rings is 9. The molecule has 282 valence electrons. The summed E-state index contributed by atoms with van der Waals surface area (Å²) in [6.45, 7) is 4.72. The van der Waals surface area contributed by atoms with Crippen LogP contribution in [0.4, 0.5) is 0 Å². The van der Waals surface area contributed by atoms with Crippen molar-refractivity contribution in [1.29, 1.82) is 0 Å². The van der Waals surface area contributed by atoms with Gasteiger partial charge < -0.3 is 4.42 Å². The zero-order valence-electron chi connectivity index (χ0n) is 33.3. The molecule has 9 aromatic carbocycles. The quantitative estimate of drug-likeness (QED) is 0.175. The molecule has 2 aromatic heterocycles. The van der Waals surface area contributed by atoms with Crippen LogP contribution >= 0.6 is 0 Å². The molecule has 0 saturated carbocycles. The fourth-order valence-electron chi connectivity index (χ4n) is 9.82. The van der Waals surface area contributed by atoms with Gasteiger partial charge in [-0.25, -0.2) is 9.97 Å². The lowest BCUT2D eigenvalue weighted by molar-refractivity contribution is 0.661. The summed E-state index contributed by atoms with van der Waals surface area (Å²) in [5, 5.41) is 7.04. The Balaban J connectivity index is 0.988. The highest BCUT2D eigenvalue weighted by Gasteiger charge is 2.37. The van der Waals surface area contributed by atoms with Crippen LogP contribution in [0, 0.1) is 0 Å². The van der Waals surface area contributed by atoms with Crippen LogP contribution in [0.5, 0.6) is 0 Å². The maximum atomic E-state index is 6.30. The maximum absolute atomic E-state index is 6.30. The van der Waals surface area contributed by atoms with E-state index in [9.17, 15) is 0 Å². The van der Waals surface area contributed by atoms with Gasteiger partial charge in [-0.15, -0.1) is 0 Å². The van der Waals surface area contributed by atoms with Gasteiger partial charge in [0.1, 0.15) is 11.2 Å². The lowest BCUT2D eigenvalue weighted by Crippen LogP contribution is -2.14. The summed E-state index contributed by atoms with van der Waals surface area (Å²) in [7, 11) is 0. The van der Waals surface area contributed by atoms with Gasteiger partial charge in [0.05, 0.1) is 11.4 Å². The van der Waals surface area contributed by atoms with Gasteiger partial charge in [-0.1, -0.05) is 190 Å². The van der Waals surface area contributed by atoms with E-state index in [2.05, 4.69) is 166 Å². The minimum absolute atomic E-state index is 0.0847. The summed E-state index contributed by atoms with van der Waals surface area (Å²) in [6, 6.07) is 69.4. The minimum atomic E-state index is -0.0847. The summed E-state index contributed by atoms with van der Waals surface area (Å²) < 4.78 is 6.30. The smallest absolute Gasteiger partial charge is 0.160 e. The molecular weight excluding hydrogens is 729 g/mol. The van der Waals surface area contributed by atoms with Gasteiger partial charge in [-0.05, 0) is 84.3 Å². The molecule has 3 heteroatoms. The second-order valence-electron chi connectivity index (χ2n) is 16.5. The van der Waals surface area contributed by atoms with Crippen molar-refractivity contribution in [3.63, 3.8) is 0 Å². The van der Waals surface area contributed by atoms with Crippen LogP contribution in [-0.2, 0) is 5.41 Å². The second-order valence-corrected chi connectivity index (χ2v) is 16.5. The van der Waals surface area contributed by atoms with E-state index in [1.54, 1.807) is 0 Å². The molecule has 12 rings (SSSR count). The van der Waals surface area contributed by atoms with Crippen molar-refractivity contribution in [3.8, 4) is 67.3 Å². The molecule has 0 N–H and O–H groups in total. The lowest BCUT2D eigenvalue weighted by atomic mass is 9.81. The summed E-state index contributed by atoms with van der Waals surface area (Å²) in [5.74, 6) is 0.683. The number of furan rings is 1. The van der Waals surface area contributed by atoms with Gasteiger partial charge in [-0.3, -0.25) is 0 Å². The monoisotopic (exact) mass is 766 g/mol. The van der Waals surface area contributed by atoms with Gasteiger partial charge in [0, 0.05) is 32.9 Å². The van der Waals surface area contributed by atoms with Crippen LogP contribution in [0.15, 0.2) is 199 Å². The van der Waals surface area contributed by atoms with Gasteiger partial charge in [-0.2, -0.15) is 0 Å². The van der Waals surface area contributed by atoms with Gasteiger partial charge in [0.2, 0.25) is 0 Å². The summed E-state index contributed by atoms with van der Waals surface area (Å²) in [5.41, 5.74) is 16.7. The predicted octanol–water partition coefficient (Wildman–Crippen LogP) is 15.3. The van der Waals surface area contributed by atoms with E-state index in [1.807, 2.05) is 42.5 Å². The molecule has 0 bridgehead atoms. The Labute approximate surface area is 348 Å². The fraction of sp³-hybridized carbons (Fsp3) is 0.0526. The molecule has 0 unspecified atom stereocenters. The molecular formula is C57H38N2O. The van der Waals surface area contributed by atoms with Crippen molar-refractivity contribution in [3.05, 3.63) is 205 Å². The highest BCUT2D eigenvalue weighted by molar-refractivity contribution is 6.13. The van der Waals surface area contributed by atoms with Crippen LogP contribution in [0.3, 0.4) is 0 Å². The van der Waals surface area contributed by atoms with Crippen molar-refractivity contribution in [1.82, 2.24) is 9.97 Å². The zero-order chi connectivity index (χ0) is 40.0. The highest BCUT2D eigenvalue weighted by atomic mass is 16.3. The van der Waals surface area contributed by atoms with Crippen LogP contribution < -0.4 is 0 Å². The molecule has 0 aliphatic heterocycles. The van der Waals surface area contributed by atoms with E-state index < -0.39 is 0 Å². The molecule has 0 spiro atoms. The molecule has 0 atom stereocenters. The molecule has 0 radical (unpaired) electrons. The molecule has 11 aromatic rings. The number of aromatic nitrogens is 2. The van der Waals surface area contributed by atoms with Crippen LogP contribution in [0.1, 0.15) is 25.0 Å². The molecule has 0 fully saturated rings. The number of hydrogen-bond acceptors (Lipinski definition) is 3. The summed E-state index contributed by atoms with van der Waals surface area (Å²) >= 11 is 0. The van der Waals surface area contributed by atoms with Crippen LogP contribution in [-0.4, -0.2) is 9.97 Å². The van der Waals surface area contributed by atoms with E-state index in [4.69, 9.17) is 14.4 Å². The first-order valence-electron chi connectivity index (χ1n) is 20.7. The van der Waals surface area contributed by atoms with Crippen molar-refractivity contribution in [2.45, 2.75) is 19.3 Å². The molecule has 0 amide bonds. The largest absolute Gasteiger partial charge is 0.456 e. The standard InChI is InChI=1S/C57H38N2O/c1-57(2)47-23-12-21-41(54(47)55-40-17-7-6-14-35(40)30-33-48(55)57)37-28-26-36(27-29-37)39-31-32-44(43-19-9-8-18-42(39)43)49-34-50(59-56(58-49)38-15-4-3-5-16-38)45-22-13-25-52-53(45)46-20-10-11-24-51(46)60-52/h3-34H,1-2H3. The van der Waals surface area contributed by atoms with Gasteiger partial charge in [0.25, 0.3) is 0 Å². The first kappa shape index (κ1) is 34.4. The van der Waals surface area contributed by atoms with Crippen molar-refractivity contribution < 1.29 is 4.42 Å². The number of rotatable bonds is 5. The molecule has 60 heavy (non-hydrogen) atoms.